The van der Waals surface area contributed by atoms with Gasteiger partial charge in [-0.3, -0.25) is 9.59 Å². The van der Waals surface area contributed by atoms with Crippen molar-refractivity contribution < 1.29 is 23.1 Å². The lowest BCUT2D eigenvalue weighted by Gasteiger charge is -2.13. The van der Waals surface area contributed by atoms with Gasteiger partial charge in [-0.15, -0.1) is 0 Å². The average molecular weight is 376 g/mol. The van der Waals surface area contributed by atoms with Gasteiger partial charge < -0.3 is 10.1 Å². The Morgan fingerprint density at radius 2 is 1.92 bits per heavy atom. The summed E-state index contributed by atoms with van der Waals surface area (Å²) in [5, 5.41) is 2.84. The smallest absolute Gasteiger partial charge is 0.259 e. The molecule has 0 aromatic heterocycles. The molecule has 0 fully saturated rings. The SMILES string of the molecule is O=C1C=C(NC(=O)c2ccc(Cl)cc2Oc2ccc(F)cc2F)C=CC1. The summed E-state index contributed by atoms with van der Waals surface area (Å²) < 4.78 is 32.3. The van der Waals surface area contributed by atoms with E-state index in [0.29, 0.717) is 11.8 Å². The van der Waals surface area contributed by atoms with Crippen LogP contribution in [-0.2, 0) is 4.79 Å². The Morgan fingerprint density at radius 1 is 1.12 bits per heavy atom. The number of hydrogen-bond donors (Lipinski definition) is 1. The molecule has 0 saturated heterocycles. The molecule has 132 valence electrons. The molecule has 0 aliphatic heterocycles. The molecule has 0 saturated carbocycles. The number of ether oxygens (including phenoxy) is 1. The van der Waals surface area contributed by atoms with Crippen LogP contribution in [0.15, 0.2) is 60.3 Å². The highest BCUT2D eigenvalue weighted by atomic mass is 35.5. The summed E-state index contributed by atoms with van der Waals surface area (Å²) >= 11 is 5.93. The topological polar surface area (TPSA) is 55.4 Å². The molecule has 7 heteroatoms. The number of benzene rings is 2. The molecule has 4 nitrogen and oxygen atoms in total. The molecule has 0 atom stereocenters. The molecule has 2 aromatic rings. The van der Waals surface area contributed by atoms with E-state index in [2.05, 4.69) is 5.32 Å². The minimum atomic E-state index is -0.917. The molecular formula is C19H12ClF2NO3. The van der Waals surface area contributed by atoms with E-state index in [1.165, 1.54) is 24.3 Å². The molecule has 1 aliphatic rings. The number of nitrogens with one attached hydrogen (secondary N) is 1. The van der Waals surface area contributed by atoms with Gasteiger partial charge in [-0.1, -0.05) is 17.7 Å². The molecule has 0 unspecified atom stereocenters. The zero-order chi connectivity index (χ0) is 18.7. The van der Waals surface area contributed by atoms with Gasteiger partial charge in [0.2, 0.25) is 0 Å². The first-order valence-electron chi connectivity index (χ1n) is 7.57. The molecule has 2 aromatic carbocycles. The van der Waals surface area contributed by atoms with Gasteiger partial charge >= 0.3 is 0 Å². The fourth-order valence-corrected chi connectivity index (χ4v) is 2.47. The number of rotatable bonds is 4. The number of ketones is 1. The largest absolute Gasteiger partial charge is 0.453 e. The van der Waals surface area contributed by atoms with E-state index in [1.807, 2.05) is 0 Å². The van der Waals surface area contributed by atoms with E-state index < -0.39 is 17.5 Å². The first-order valence-corrected chi connectivity index (χ1v) is 7.95. The third-order valence-corrected chi connectivity index (χ3v) is 3.73. The molecule has 3 rings (SSSR count). The number of carbonyl (C=O) groups excluding carboxylic acids is 2. The molecular weight excluding hydrogens is 364 g/mol. The Bertz CT molecular complexity index is 954. The number of hydrogen-bond acceptors (Lipinski definition) is 3. The summed E-state index contributed by atoms with van der Waals surface area (Å²) in [7, 11) is 0. The number of allylic oxidation sites excluding steroid dienone is 3. The third kappa shape index (κ3) is 4.15. The number of carbonyl (C=O) groups is 2. The highest BCUT2D eigenvalue weighted by molar-refractivity contribution is 6.30. The zero-order valence-electron chi connectivity index (χ0n) is 13.3. The van der Waals surface area contributed by atoms with Crippen molar-refractivity contribution in [3.8, 4) is 11.5 Å². The minimum Gasteiger partial charge on any atom is -0.453 e. The first-order chi connectivity index (χ1) is 12.4. The highest BCUT2D eigenvalue weighted by Gasteiger charge is 2.17. The van der Waals surface area contributed by atoms with E-state index in [0.717, 1.165) is 12.1 Å². The maximum atomic E-state index is 13.8. The number of halogens is 3. The Balaban J connectivity index is 1.89. The van der Waals surface area contributed by atoms with Crippen molar-refractivity contribution >= 4 is 23.3 Å². The fourth-order valence-electron chi connectivity index (χ4n) is 2.30. The van der Waals surface area contributed by atoms with E-state index in [1.54, 1.807) is 12.2 Å². The summed E-state index contributed by atoms with van der Waals surface area (Å²) in [4.78, 5) is 23.9. The van der Waals surface area contributed by atoms with E-state index in [9.17, 15) is 18.4 Å². The van der Waals surface area contributed by atoms with Crippen LogP contribution in [0.1, 0.15) is 16.8 Å². The Morgan fingerprint density at radius 3 is 2.65 bits per heavy atom. The standard InChI is InChI=1S/C19H12ClF2NO3/c20-11-4-6-15(19(25)23-13-2-1-3-14(24)10-13)18(8-11)26-17-7-5-12(21)9-16(17)22/h1-2,4-10H,3H2,(H,23,25). The van der Waals surface area contributed by atoms with Crippen LogP contribution in [0.3, 0.4) is 0 Å². The second kappa shape index (κ2) is 7.49. The molecule has 0 bridgehead atoms. The normalized spacial score (nSPS) is 13.3. The molecule has 1 aliphatic carbocycles. The summed E-state index contributed by atoms with van der Waals surface area (Å²) in [5.74, 6) is -2.63. The molecule has 0 radical (unpaired) electrons. The van der Waals surface area contributed by atoms with Crippen molar-refractivity contribution in [1.29, 1.82) is 0 Å². The zero-order valence-corrected chi connectivity index (χ0v) is 14.0. The van der Waals surface area contributed by atoms with Crippen molar-refractivity contribution in [3.63, 3.8) is 0 Å². The van der Waals surface area contributed by atoms with Gasteiger partial charge in [0.05, 0.1) is 5.56 Å². The van der Waals surface area contributed by atoms with E-state index in [-0.39, 0.29) is 34.3 Å². The van der Waals surface area contributed by atoms with Gasteiger partial charge in [0, 0.05) is 35.3 Å². The van der Waals surface area contributed by atoms with Crippen LogP contribution < -0.4 is 10.1 Å². The summed E-state index contributed by atoms with van der Waals surface area (Å²) in [6, 6.07) is 7.03. The van der Waals surface area contributed by atoms with Crippen molar-refractivity contribution in [2.45, 2.75) is 6.42 Å². The van der Waals surface area contributed by atoms with Gasteiger partial charge in [0.1, 0.15) is 11.6 Å². The fraction of sp³-hybridized carbons (Fsp3) is 0.0526. The van der Waals surface area contributed by atoms with Gasteiger partial charge in [0.15, 0.2) is 17.3 Å². The summed E-state index contributed by atoms with van der Waals surface area (Å²) in [6.07, 6.45) is 4.83. The lowest BCUT2D eigenvalue weighted by molar-refractivity contribution is -0.113. The van der Waals surface area contributed by atoms with Gasteiger partial charge in [-0.2, -0.15) is 0 Å². The minimum absolute atomic E-state index is 0.00720. The lowest BCUT2D eigenvalue weighted by atomic mass is 10.1. The van der Waals surface area contributed by atoms with Gasteiger partial charge in [-0.25, -0.2) is 8.78 Å². The van der Waals surface area contributed by atoms with E-state index in [4.69, 9.17) is 16.3 Å². The molecule has 0 heterocycles. The summed E-state index contributed by atoms with van der Waals surface area (Å²) in [6.45, 7) is 0. The second-order valence-corrected chi connectivity index (χ2v) is 5.88. The second-order valence-electron chi connectivity index (χ2n) is 5.44. The first kappa shape index (κ1) is 17.8. The average Bonchev–Trinajstić information content (AvgIpc) is 2.57. The number of amides is 1. The van der Waals surface area contributed by atoms with Crippen LogP contribution in [0.4, 0.5) is 8.78 Å². The van der Waals surface area contributed by atoms with Crippen LogP contribution in [0, 0.1) is 11.6 Å². The Labute approximate surface area is 152 Å². The third-order valence-electron chi connectivity index (χ3n) is 3.49. The van der Waals surface area contributed by atoms with Crippen LogP contribution in [0.5, 0.6) is 11.5 Å². The van der Waals surface area contributed by atoms with Crippen LogP contribution in [0.2, 0.25) is 5.02 Å². The highest BCUT2D eigenvalue weighted by Crippen LogP contribution is 2.30. The monoisotopic (exact) mass is 375 g/mol. The van der Waals surface area contributed by atoms with Crippen molar-refractivity contribution in [1.82, 2.24) is 5.32 Å². The summed E-state index contributed by atoms with van der Waals surface area (Å²) in [5.41, 5.74) is 0.408. The maximum absolute atomic E-state index is 13.8. The lowest BCUT2D eigenvalue weighted by Crippen LogP contribution is -2.24. The van der Waals surface area contributed by atoms with Gasteiger partial charge in [0.25, 0.3) is 5.91 Å². The predicted molar refractivity (Wildman–Crippen MR) is 92.2 cm³/mol. The van der Waals surface area contributed by atoms with Crippen LogP contribution >= 0.6 is 11.6 Å². The maximum Gasteiger partial charge on any atom is 0.259 e. The Kier molecular flexibility index (Phi) is 5.14. The van der Waals surface area contributed by atoms with E-state index >= 15 is 0 Å². The van der Waals surface area contributed by atoms with Gasteiger partial charge in [-0.05, 0) is 30.3 Å². The molecule has 1 amide bonds. The molecule has 0 spiro atoms. The van der Waals surface area contributed by atoms with Crippen molar-refractivity contribution in [2.75, 3.05) is 0 Å². The molecule has 1 N–H and O–H groups in total. The van der Waals surface area contributed by atoms with Crippen molar-refractivity contribution in [3.05, 3.63) is 82.5 Å². The van der Waals surface area contributed by atoms with Crippen molar-refractivity contribution in [2.24, 2.45) is 0 Å². The van der Waals surface area contributed by atoms with Crippen LogP contribution in [-0.4, -0.2) is 11.7 Å². The molecule has 26 heavy (non-hydrogen) atoms. The van der Waals surface area contributed by atoms with Crippen LogP contribution in [0.25, 0.3) is 0 Å². The Hall–Kier alpha value is -2.99. The quantitative estimate of drug-likeness (QED) is 0.852. The predicted octanol–water partition coefficient (Wildman–Crippen LogP) is 4.55.